The van der Waals surface area contributed by atoms with Crippen LogP contribution in [0.4, 0.5) is 0 Å². The van der Waals surface area contributed by atoms with Crippen LogP contribution in [0.15, 0.2) is 41.8 Å². The summed E-state index contributed by atoms with van der Waals surface area (Å²) in [6, 6.07) is 3.76. The van der Waals surface area contributed by atoms with Crippen LogP contribution in [0, 0.1) is 17.8 Å². The number of rotatable bonds is 17. The summed E-state index contributed by atoms with van der Waals surface area (Å²) in [5.74, 6) is -11.3. The van der Waals surface area contributed by atoms with Crippen molar-refractivity contribution in [2.24, 2.45) is 17.8 Å². The summed E-state index contributed by atoms with van der Waals surface area (Å²) >= 11 is 1.49. The molecule has 5 N–H and O–H groups in total. The highest BCUT2D eigenvalue weighted by molar-refractivity contribution is 7.09. The van der Waals surface area contributed by atoms with E-state index in [-0.39, 0.29) is 23.8 Å². The van der Waals surface area contributed by atoms with E-state index in [1.54, 1.807) is 0 Å². The average molecular weight is 697 g/mol. The second kappa shape index (κ2) is 15.3. The third-order valence-electron chi connectivity index (χ3n) is 8.99. The molecule has 3 rings (SSSR count). The first-order chi connectivity index (χ1) is 22.4. The number of thiophene rings is 1. The minimum atomic E-state index is -3.89. The molecule has 2 aliphatic heterocycles. The summed E-state index contributed by atoms with van der Waals surface area (Å²) < 4.78 is 22.0. The molecule has 0 aliphatic carbocycles. The summed E-state index contributed by atoms with van der Waals surface area (Å²) in [5, 5.41) is 55.3. The monoisotopic (exact) mass is 696 g/mol. The molecule has 0 aromatic carbocycles. The number of carbonyl (C=O) groups excluding carboxylic acids is 2. The van der Waals surface area contributed by atoms with Crippen LogP contribution < -0.4 is 0 Å². The molecule has 2 saturated heterocycles. The molecule has 1 aromatic heterocycles. The highest BCUT2D eigenvalue weighted by atomic mass is 32.1. The van der Waals surface area contributed by atoms with E-state index < -0.39 is 77.7 Å². The minimum absolute atomic E-state index is 0.120. The fourth-order valence-corrected chi connectivity index (χ4v) is 7.19. The summed E-state index contributed by atoms with van der Waals surface area (Å²) in [6.07, 6.45) is -4.73. The molecule has 0 radical (unpaired) electrons. The van der Waals surface area contributed by atoms with Gasteiger partial charge in [0.15, 0.2) is 6.10 Å². The number of allylic oxidation sites excluding steroid dienone is 1. The van der Waals surface area contributed by atoms with E-state index in [0.717, 1.165) is 17.4 Å². The standard InChI is InChI=1S/C33H44O14S/c1-7-17(2)15-18(3)10-11-23(35)45-26-25(36)31(46-27(28(37)38)32(43,29(39)40)33(26,47-31)30(41)42)13-12-19(4)24(44-21(6)34)20(5)16-22-9-8-14-48-22/h8-11,14,17-18,20,24-27,36,43H,4,7,12-13,15-16H2,1-3,5-6H3,(H,37,38)(H,39,40)(H,41,42)/t17-,18+,20+,24+,25+,26+,27+,31-,32+,33-/m0/s1. The van der Waals surface area contributed by atoms with Gasteiger partial charge in [-0.1, -0.05) is 52.8 Å². The van der Waals surface area contributed by atoms with Gasteiger partial charge >= 0.3 is 29.8 Å². The molecule has 2 fully saturated rings. The molecule has 0 unspecified atom stereocenters. The van der Waals surface area contributed by atoms with Crippen LogP contribution in [0.25, 0.3) is 0 Å². The van der Waals surface area contributed by atoms with Gasteiger partial charge in [0, 0.05) is 30.2 Å². The summed E-state index contributed by atoms with van der Waals surface area (Å²) in [5.41, 5.74) is -7.18. The Labute approximate surface area is 281 Å². The maximum atomic E-state index is 13.0. The van der Waals surface area contributed by atoms with Crippen LogP contribution in [0.2, 0.25) is 0 Å². The maximum Gasteiger partial charge on any atom is 0.344 e. The predicted molar refractivity (Wildman–Crippen MR) is 169 cm³/mol. The van der Waals surface area contributed by atoms with Crippen molar-refractivity contribution in [3.8, 4) is 0 Å². The Kier molecular flexibility index (Phi) is 12.4. The van der Waals surface area contributed by atoms with E-state index in [9.17, 15) is 49.5 Å². The lowest BCUT2D eigenvalue weighted by molar-refractivity contribution is -0.374. The van der Waals surface area contributed by atoms with Crippen molar-refractivity contribution in [1.82, 2.24) is 0 Å². The normalized spacial score (nSPS) is 30.6. The Morgan fingerprint density at radius 2 is 1.79 bits per heavy atom. The van der Waals surface area contributed by atoms with Crippen LogP contribution in [0.1, 0.15) is 65.2 Å². The molecule has 3 heterocycles. The summed E-state index contributed by atoms with van der Waals surface area (Å²) in [4.78, 5) is 63.8. The van der Waals surface area contributed by atoms with Gasteiger partial charge in [0.1, 0.15) is 12.2 Å². The van der Waals surface area contributed by atoms with E-state index in [1.807, 2.05) is 45.2 Å². The second-order valence-corrected chi connectivity index (χ2v) is 13.7. The number of carboxylic acids is 3. The zero-order valence-electron chi connectivity index (χ0n) is 27.5. The Morgan fingerprint density at radius 1 is 1.12 bits per heavy atom. The van der Waals surface area contributed by atoms with Crippen molar-refractivity contribution >= 4 is 41.2 Å². The lowest BCUT2D eigenvalue weighted by Crippen LogP contribution is -2.78. The van der Waals surface area contributed by atoms with Gasteiger partial charge in [-0.25, -0.2) is 19.2 Å². The van der Waals surface area contributed by atoms with Gasteiger partial charge in [0.25, 0.3) is 0 Å². The van der Waals surface area contributed by atoms with Crippen LogP contribution >= 0.6 is 11.3 Å². The van der Waals surface area contributed by atoms with E-state index in [0.29, 0.717) is 18.8 Å². The minimum Gasteiger partial charge on any atom is -0.479 e. The summed E-state index contributed by atoms with van der Waals surface area (Å²) in [6.45, 7) is 12.9. The van der Waals surface area contributed by atoms with Gasteiger partial charge in [-0.3, -0.25) is 4.79 Å². The molecule has 15 heteroatoms. The van der Waals surface area contributed by atoms with Crippen molar-refractivity contribution < 1.29 is 68.5 Å². The fraction of sp³-hybridized carbons (Fsp3) is 0.606. The zero-order valence-corrected chi connectivity index (χ0v) is 28.3. The Bertz CT molecular complexity index is 1410. The first kappa shape index (κ1) is 38.8. The van der Waals surface area contributed by atoms with Crippen molar-refractivity contribution in [1.29, 1.82) is 0 Å². The average Bonchev–Trinajstić information content (AvgIpc) is 3.59. The van der Waals surface area contributed by atoms with Gasteiger partial charge in [-0.2, -0.15) is 0 Å². The number of hydrogen-bond donors (Lipinski definition) is 5. The molecule has 48 heavy (non-hydrogen) atoms. The lowest BCUT2D eigenvalue weighted by atomic mass is 9.74. The van der Waals surface area contributed by atoms with Gasteiger partial charge in [-0.15, -0.1) is 11.3 Å². The molecule has 266 valence electrons. The zero-order chi connectivity index (χ0) is 36.2. The summed E-state index contributed by atoms with van der Waals surface area (Å²) in [7, 11) is 0. The first-order valence-corrected chi connectivity index (χ1v) is 16.5. The van der Waals surface area contributed by atoms with Gasteiger partial charge in [0.2, 0.25) is 23.1 Å². The van der Waals surface area contributed by atoms with Crippen LogP contribution in [-0.4, -0.2) is 96.8 Å². The van der Waals surface area contributed by atoms with Crippen LogP contribution in [-0.2, 0) is 49.3 Å². The number of aliphatic carboxylic acids is 3. The quantitative estimate of drug-likeness (QED) is 0.0898. The number of carboxylic acid groups (broad SMARTS) is 3. The van der Waals surface area contributed by atoms with Gasteiger partial charge < -0.3 is 44.5 Å². The van der Waals surface area contributed by atoms with Gasteiger partial charge in [-0.05, 0) is 48.1 Å². The number of esters is 2. The number of carbonyl (C=O) groups is 5. The second-order valence-electron chi connectivity index (χ2n) is 12.7. The number of hydrogen-bond acceptors (Lipinski definition) is 12. The SMILES string of the molecule is C=C(CC[C@]12O[C@H](C(=O)O)[C@@](O)(C(=O)O)[C@](C(=O)O)(O1)[C@H](OC(=O)C=C[C@@H](C)C[C@@H](C)CC)[C@H]2O)[C@@H](OC(C)=O)[C@H](C)Cc1cccs1. The molecular formula is C33H44O14S. The van der Waals surface area contributed by atoms with Gasteiger partial charge in [0.05, 0.1) is 0 Å². The molecule has 0 saturated carbocycles. The van der Waals surface area contributed by atoms with Crippen molar-refractivity contribution in [3.05, 3.63) is 46.7 Å². The Hall–Kier alpha value is -3.63. The molecule has 14 nitrogen and oxygen atoms in total. The first-order valence-electron chi connectivity index (χ1n) is 15.6. The number of fused-ring (bicyclic) bond motifs is 2. The molecule has 0 spiro atoms. The Morgan fingerprint density at radius 3 is 2.31 bits per heavy atom. The predicted octanol–water partition coefficient (Wildman–Crippen LogP) is 2.95. The number of aliphatic hydroxyl groups is 2. The third kappa shape index (κ3) is 7.49. The number of aliphatic hydroxyl groups excluding tert-OH is 1. The topological polar surface area (TPSA) is 223 Å². The van der Waals surface area contributed by atoms with Crippen molar-refractivity contribution in [2.75, 3.05) is 0 Å². The van der Waals surface area contributed by atoms with E-state index >= 15 is 0 Å². The lowest BCUT2D eigenvalue weighted by Gasteiger charge is -2.48. The number of ether oxygens (including phenoxy) is 4. The molecule has 2 aliphatic rings. The third-order valence-corrected chi connectivity index (χ3v) is 9.89. The van der Waals surface area contributed by atoms with Crippen LogP contribution in [0.5, 0.6) is 0 Å². The smallest absolute Gasteiger partial charge is 0.344 e. The van der Waals surface area contributed by atoms with E-state index in [1.165, 1.54) is 24.3 Å². The van der Waals surface area contributed by atoms with Crippen molar-refractivity contribution in [2.45, 2.75) is 108 Å². The van der Waals surface area contributed by atoms with Crippen LogP contribution in [0.3, 0.4) is 0 Å². The molecule has 1 aromatic rings. The fourth-order valence-electron chi connectivity index (χ4n) is 6.34. The molecular weight excluding hydrogens is 652 g/mol. The van der Waals surface area contributed by atoms with Crippen molar-refractivity contribution in [3.63, 3.8) is 0 Å². The largest absolute Gasteiger partial charge is 0.479 e. The van der Waals surface area contributed by atoms with E-state index in [4.69, 9.17) is 18.9 Å². The Balaban J connectivity index is 2.02. The highest BCUT2D eigenvalue weighted by Crippen LogP contribution is 2.56. The van der Waals surface area contributed by atoms with E-state index in [2.05, 4.69) is 6.58 Å². The molecule has 10 atom stereocenters. The molecule has 0 amide bonds. The highest BCUT2D eigenvalue weighted by Gasteiger charge is 2.85. The molecule has 2 bridgehead atoms. The maximum absolute atomic E-state index is 13.0.